The van der Waals surface area contributed by atoms with E-state index in [1.807, 2.05) is 19.9 Å². The van der Waals surface area contributed by atoms with Crippen molar-refractivity contribution in [2.75, 3.05) is 0 Å². The van der Waals surface area contributed by atoms with Crippen LogP contribution in [0.3, 0.4) is 0 Å². The van der Waals surface area contributed by atoms with Gasteiger partial charge in [0.15, 0.2) is 0 Å². The maximum atomic E-state index is 12.1. The first-order valence-electron chi connectivity index (χ1n) is 6.86. The van der Waals surface area contributed by atoms with Crippen molar-refractivity contribution in [2.24, 2.45) is 0 Å². The molecule has 114 valence electrons. The zero-order valence-corrected chi connectivity index (χ0v) is 13.5. The maximum Gasteiger partial charge on any atom is 0.233 e. The van der Waals surface area contributed by atoms with Gasteiger partial charge in [-0.05, 0) is 44.5 Å². The molecule has 0 bridgehead atoms. The zero-order chi connectivity index (χ0) is 16.1. The number of furan rings is 1. The summed E-state index contributed by atoms with van der Waals surface area (Å²) in [5, 5.41) is 12.3. The standard InChI is InChI=1S/C16H17N3O2S/c1-10-7-11(2)19-16(14(10)8-17)22-12(3)15(20)18-9-13-5-4-6-21-13/h4-7,12H,9H2,1-3H3,(H,18,20). The predicted molar refractivity (Wildman–Crippen MR) is 84.3 cm³/mol. The van der Waals surface area contributed by atoms with Crippen LogP contribution in [0.15, 0.2) is 33.9 Å². The van der Waals surface area contributed by atoms with Crippen molar-refractivity contribution in [3.63, 3.8) is 0 Å². The Morgan fingerprint density at radius 2 is 2.32 bits per heavy atom. The summed E-state index contributed by atoms with van der Waals surface area (Å²) >= 11 is 1.29. The second-order valence-electron chi connectivity index (χ2n) is 4.93. The van der Waals surface area contributed by atoms with Crippen molar-refractivity contribution in [3.05, 3.63) is 47.0 Å². The Balaban J connectivity index is 2.04. The van der Waals surface area contributed by atoms with E-state index in [-0.39, 0.29) is 11.2 Å². The average Bonchev–Trinajstić information content (AvgIpc) is 2.97. The van der Waals surface area contributed by atoms with Crippen molar-refractivity contribution in [3.8, 4) is 6.07 Å². The number of hydrogen-bond acceptors (Lipinski definition) is 5. The van der Waals surface area contributed by atoms with E-state index in [2.05, 4.69) is 16.4 Å². The largest absolute Gasteiger partial charge is 0.467 e. The highest BCUT2D eigenvalue weighted by molar-refractivity contribution is 8.00. The second-order valence-corrected chi connectivity index (χ2v) is 6.26. The molecule has 0 spiro atoms. The molecule has 2 heterocycles. The van der Waals surface area contributed by atoms with Gasteiger partial charge in [0.1, 0.15) is 16.9 Å². The number of hydrogen-bond donors (Lipinski definition) is 1. The molecule has 0 saturated carbocycles. The lowest BCUT2D eigenvalue weighted by Gasteiger charge is -2.13. The van der Waals surface area contributed by atoms with Crippen LogP contribution in [0.4, 0.5) is 0 Å². The highest BCUT2D eigenvalue weighted by Crippen LogP contribution is 2.27. The van der Waals surface area contributed by atoms with Gasteiger partial charge in [-0.2, -0.15) is 5.26 Å². The predicted octanol–water partition coefficient (Wildman–Crippen LogP) is 2.96. The fourth-order valence-corrected chi connectivity index (χ4v) is 3.02. The molecule has 5 nitrogen and oxygen atoms in total. The molecule has 1 unspecified atom stereocenters. The van der Waals surface area contributed by atoms with E-state index in [0.29, 0.717) is 22.9 Å². The van der Waals surface area contributed by atoms with E-state index in [9.17, 15) is 10.1 Å². The number of nitriles is 1. The molecule has 0 radical (unpaired) electrons. The minimum atomic E-state index is -0.351. The van der Waals surface area contributed by atoms with Crippen LogP contribution < -0.4 is 5.32 Å². The van der Waals surface area contributed by atoms with Crippen LogP contribution in [-0.4, -0.2) is 16.1 Å². The number of aryl methyl sites for hydroxylation is 2. The molecule has 1 atom stereocenters. The molecular weight excluding hydrogens is 298 g/mol. The highest BCUT2D eigenvalue weighted by atomic mass is 32.2. The van der Waals surface area contributed by atoms with Crippen molar-refractivity contribution in [1.29, 1.82) is 5.26 Å². The summed E-state index contributed by atoms with van der Waals surface area (Å²) in [6.45, 7) is 5.89. The average molecular weight is 315 g/mol. The van der Waals surface area contributed by atoms with E-state index >= 15 is 0 Å². The van der Waals surface area contributed by atoms with Gasteiger partial charge >= 0.3 is 0 Å². The molecule has 1 amide bonds. The molecule has 1 N–H and O–H groups in total. The quantitative estimate of drug-likeness (QED) is 0.858. The number of aromatic nitrogens is 1. The number of amides is 1. The Kier molecular flexibility index (Phi) is 5.23. The number of pyridine rings is 1. The van der Waals surface area contributed by atoms with Gasteiger partial charge in [-0.3, -0.25) is 4.79 Å². The Labute approximate surface area is 133 Å². The first-order chi connectivity index (χ1) is 10.5. The number of thioether (sulfide) groups is 1. The molecule has 6 heteroatoms. The lowest BCUT2D eigenvalue weighted by molar-refractivity contribution is -0.120. The van der Waals surface area contributed by atoms with E-state index in [1.54, 1.807) is 25.3 Å². The SMILES string of the molecule is Cc1cc(C)c(C#N)c(SC(C)C(=O)NCc2ccco2)n1. The van der Waals surface area contributed by atoms with Gasteiger partial charge in [0.05, 0.1) is 23.6 Å². The summed E-state index contributed by atoms with van der Waals surface area (Å²) in [5.41, 5.74) is 2.24. The summed E-state index contributed by atoms with van der Waals surface area (Å²) in [4.78, 5) is 16.5. The zero-order valence-electron chi connectivity index (χ0n) is 12.7. The van der Waals surface area contributed by atoms with Crippen LogP contribution in [-0.2, 0) is 11.3 Å². The molecule has 0 aromatic carbocycles. The van der Waals surface area contributed by atoms with E-state index < -0.39 is 0 Å². The molecule has 2 aromatic rings. The van der Waals surface area contributed by atoms with Crippen LogP contribution in [0, 0.1) is 25.2 Å². The van der Waals surface area contributed by atoms with Gasteiger partial charge in [0.25, 0.3) is 0 Å². The summed E-state index contributed by atoms with van der Waals surface area (Å²) in [6, 6.07) is 7.60. The van der Waals surface area contributed by atoms with Gasteiger partial charge in [-0.1, -0.05) is 11.8 Å². The normalized spacial score (nSPS) is 11.7. The molecule has 0 saturated heterocycles. The fraction of sp³-hybridized carbons (Fsp3) is 0.312. The highest BCUT2D eigenvalue weighted by Gasteiger charge is 2.18. The van der Waals surface area contributed by atoms with Gasteiger partial charge in [-0.25, -0.2) is 4.98 Å². The third kappa shape index (κ3) is 3.89. The summed E-state index contributed by atoms with van der Waals surface area (Å²) in [7, 11) is 0. The Hall–Kier alpha value is -2.26. The molecule has 2 aromatic heterocycles. The second kappa shape index (κ2) is 7.14. The van der Waals surface area contributed by atoms with E-state index in [0.717, 1.165) is 11.3 Å². The number of carbonyl (C=O) groups excluding carboxylic acids is 1. The Morgan fingerprint density at radius 1 is 1.55 bits per heavy atom. The fourth-order valence-electron chi connectivity index (χ4n) is 1.98. The maximum absolute atomic E-state index is 12.1. The molecule has 0 aliphatic heterocycles. The van der Waals surface area contributed by atoms with Crippen LogP contribution in [0.1, 0.15) is 29.5 Å². The molecule has 2 rings (SSSR count). The molecule has 0 aliphatic rings. The van der Waals surface area contributed by atoms with Gasteiger partial charge in [-0.15, -0.1) is 0 Å². The van der Waals surface area contributed by atoms with Gasteiger partial charge in [0.2, 0.25) is 5.91 Å². The molecule has 22 heavy (non-hydrogen) atoms. The van der Waals surface area contributed by atoms with Crippen LogP contribution in [0.2, 0.25) is 0 Å². The third-order valence-corrected chi connectivity index (χ3v) is 4.18. The number of carbonyl (C=O) groups is 1. The van der Waals surface area contributed by atoms with Crippen LogP contribution in [0.5, 0.6) is 0 Å². The van der Waals surface area contributed by atoms with E-state index in [4.69, 9.17) is 4.42 Å². The lowest BCUT2D eigenvalue weighted by atomic mass is 10.1. The van der Waals surface area contributed by atoms with Crippen molar-refractivity contribution in [2.45, 2.75) is 37.6 Å². The first-order valence-corrected chi connectivity index (χ1v) is 7.74. The number of nitrogens with one attached hydrogen (secondary N) is 1. The molecule has 0 aliphatic carbocycles. The molecular formula is C16H17N3O2S. The Bertz CT molecular complexity index is 705. The van der Waals surface area contributed by atoms with Crippen molar-refractivity contribution in [1.82, 2.24) is 10.3 Å². The van der Waals surface area contributed by atoms with Gasteiger partial charge in [0, 0.05) is 5.69 Å². The number of rotatable bonds is 5. The van der Waals surface area contributed by atoms with Crippen molar-refractivity contribution >= 4 is 17.7 Å². The monoisotopic (exact) mass is 315 g/mol. The summed E-state index contributed by atoms with van der Waals surface area (Å²) < 4.78 is 5.17. The summed E-state index contributed by atoms with van der Waals surface area (Å²) in [6.07, 6.45) is 1.57. The summed E-state index contributed by atoms with van der Waals surface area (Å²) in [5.74, 6) is 0.582. The molecule has 0 fully saturated rings. The van der Waals surface area contributed by atoms with Crippen molar-refractivity contribution < 1.29 is 9.21 Å². The van der Waals surface area contributed by atoms with Crippen LogP contribution >= 0.6 is 11.8 Å². The number of nitrogens with zero attached hydrogens (tertiary/aromatic N) is 2. The third-order valence-electron chi connectivity index (χ3n) is 3.10. The smallest absolute Gasteiger partial charge is 0.233 e. The minimum Gasteiger partial charge on any atom is -0.467 e. The lowest BCUT2D eigenvalue weighted by Crippen LogP contribution is -2.30. The van der Waals surface area contributed by atoms with Gasteiger partial charge < -0.3 is 9.73 Å². The topological polar surface area (TPSA) is 78.9 Å². The van der Waals surface area contributed by atoms with Crippen LogP contribution in [0.25, 0.3) is 0 Å². The van der Waals surface area contributed by atoms with E-state index in [1.165, 1.54) is 11.8 Å². The Morgan fingerprint density at radius 3 is 2.95 bits per heavy atom. The minimum absolute atomic E-state index is 0.119. The first kappa shape index (κ1) is 16.1.